The standard InChI is InChI=1S/C23H27N3OS/c1-16-10-12-18(13-11-16)20(17-8-6-5-7-9-17)26-22(27)24-14-19-15-28-21(25-19)23(2,3)4/h5-13,15,20H,14H2,1-4H3,(H2,24,26,27). The molecule has 1 aromatic heterocycles. The third kappa shape index (κ3) is 5.20. The highest BCUT2D eigenvalue weighted by Crippen LogP contribution is 2.25. The van der Waals surface area contributed by atoms with Crippen molar-refractivity contribution in [1.82, 2.24) is 15.6 Å². The number of benzene rings is 2. The number of rotatable bonds is 5. The lowest BCUT2D eigenvalue weighted by atomic mass is 9.98. The topological polar surface area (TPSA) is 54.0 Å². The van der Waals surface area contributed by atoms with Crippen molar-refractivity contribution in [2.24, 2.45) is 0 Å². The summed E-state index contributed by atoms with van der Waals surface area (Å²) >= 11 is 1.63. The van der Waals surface area contributed by atoms with Crippen molar-refractivity contribution >= 4 is 17.4 Å². The van der Waals surface area contributed by atoms with E-state index in [2.05, 4.69) is 67.6 Å². The Labute approximate surface area is 171 Å². The molecule has 0 radical (unpaired) electrons. The maximum atomic E-state index is 12.6. The normalized spacial score (nSPS) is 12.4. The number of aryl methyl sites for hydroxylation is 1. The maximum absolute atomic E-state index is 12.6. The molecule has 3 rings (SSSR count). The zero-order chi connectivity index (χ0) is 20.1. The van der Waals surface area contributed by atoms with E-state index in [1.165, 1.54) is 5.56 Å². The van der Waals surface area contributed by atoms with Gasteiger partial charge < -0.3 is 10.6 Å². The zero-order valence-electron chi connectivity index (χ0n) is 16.8. The molecular weight excluding hydrogens is 366 g/mol. The van der Waals surface area contributed by atoms with Crippen molar-refractivity contribution in [1.29, 1.82) is 0 Å². The summed E-state index contributed by atoms with van der Waals surface area (Å²) in [5, 5.41) is 9.13. The minimum atomic E-state index is -0.209. The SMILES string of the molecule is Cc1ccc(C(NC(=O)NCc2csc(C(C)(C)C)n2)c2ccccc2)cc1. The molecule has 0 saturated heterocycles. The molecule has 2 amide bonds. The van der Waals surface area contributed by atoms with Gasteiger partial charge in [-0.3, -0.25) is 0 Å². The number of urea groups is 1. The second-order valence-electron chi connectivity index (χ2n) is 7.98. The third-order valence-electron chi connectivity index (χ3n) is 4.44. The molecular formula is C23H27N3OS. The Morgan fingerprint density at radius 3 is 2.29 bits per heavy atom. The number of amides is 2. The quantitative estimate of drug-likeness (QED) is 0.615. The number of nitrogens with one attached hydrogen (secondary N) is 2. The summed E-state index contributed by atoms with van der Waals surface area (Å²) < 4.78 is 0. The Balaban J connectivity index is 1.69. The van der Waals surface area contributed by atoms with E-state index in [0.29, 0.717) is 6.54 Å². The lowest BCUT2D eigenvalue weighted by molar-refractivity contribution is 0.238. The average Bonchev–Trinajstić information content (AvgIpc) is 3.16. The van der Waals surface area contributed by atoms with Crippen LogP contribution in [0.25, 0.3) is 0 Å². The predicted octanol–water partition coefficient (Wildman–Crippen LogP) is 5.34. The number of carbonyl (C=O) groups excluding carboxylic acids is 1. The monoisotopic (exact) mass is 393 g/mol. The molecule has 0 aliphatic heterocycles. The highest BCUT2D eigenvalue weighted by atomic mass is 32.1. The van der Waals surface area contributed by atoms with Crippen LogP contribution in [0.1, 0.15) is 54.2 Å². The van der Waals surface area contributed by atoms with E-state index >= 15 is 0 Å². The van der Waals surface area contributed by atoms with Gasteiger partial charge in [-0.05, 0) is 18.1 Å². The second-order valence-corrected chi connectivity index (χ2v) is 8.83. The number of hydrogen-bond donors (Lipinski definition) is 2. The van der Waals surface area contributed by atoms with E-state index in [-0.39, 0.29) is 17.5 Å². The molecule has 146 valence electrons. The van der Waals surface area contributed by atoms with Crippen LogP contribution in [0.5, 0.6) is 0 Å². The van der Waals surface area contributed by atoms with E-state index in [1.54, 1.807) is 11.3 Å². The molecule has 0 saturated carbocycles. The summed E-state index contributed by atoms with van der Waals surface area (Å²) in [6.07, 6.45) is 0. The summed E-state index contributed by atoms with van der Waals surface area (Å²) in [4.78, 5) is 17.2. The molecule has 2 aromatic carbocycles. The van der Waals surface area contributed by atoms with Gasteiger partial charge in [-0.1, -0.05) is 80.9 Å². The van der Waals surface area contributed by atoms with Gasteiger partial charge in [0.05, 0.1) is 23.3 Å². The minimum Gasteiger partial charge on any atom is -0.332 e. The van der Waals surface area contributed by atoms with Crippen molar-refractivity contribution in [2.75, 3.05) is 0 Å². The van der Waals surface area contributed by atoms with Crippen LogP contribution in [0.2, 0.25) is 0 Å². The zero-order valence-corrected chi connectivity index (χ0v) is 17.6. The Bertz CT molecular complexity index is 911. The summed E-state index contributed by atoms with van der Waals surface area (Å²) in [5.41, 5.74) is 4.20. The van der Waals surface area contributed by atoms with Gasteiger partial charge in [-0.15, -0.1) is 11.3 Å². The molecule has 0 aliphatic carbocycles. The second kappa shape index (κ2) is 8.57. The van der Waals surface area contributed by atoms with Crippen molar-refractivity contribution in [3.05, 3.63) is 87.4 Å². The van der Waals surface area contributed by atoms with Gasteiger partial charge >= 0.3 is 6.03 Å². The van der Waals surface area contributed by atoms with Gasteiger partial charge in [0.1, 0.15) is 0 Å². The van der Waals surface area contributed by atoms with Crippen LogP contribution in [-0.2, 0) is 12.0 Å². The van der Waals surface area contributed by atoms with Crippen molar-refractivity contribution < 1.29 is 4.79 Å². The number of nitrogens with zero attached hydrogens (tertiary/aromatic N) is 1. The largest absolute Gasteiger partial charge is 0.332 e. The molecule has 28 heavy (non-hydrogen) atoms. The van der Waals surface area contributed by atoms with Crippen LogP contribution >= 0.6 is 11.3 Å². The van der Waals surface area contributed by atoms with Gasteiger partial charge in [0.15, 0.2) is 0 Å². The van der Waals surface area contributed by atoms with Gasteiger partial charge in [-0.25, -0.2) is 9.78 Å². The summed E-state index contributed by atoms with van der Waals surface area (Å²) in [7, 11) is 0. The molecule has 1 unspecified atom stereocenters. The molecule has 4 nitrogen and oxygen atoms in total. The van der Waals surface area contributed by atoms with E-state index in [1.807, 2.05) is 35.7 Å². The Morgan fingerprint density at radius 1 is 1.04 bits per heavy atom. The summed E-state index contributed by atoms with van der Waals surface area (Å²) in [6, 6.07) is 17.8. The molecule has 0 bridgehead atoms. The first kappa shape index (κ1) is 20.1. The maximum Gasteiger partial charge on any atom is 0.315 e. The first-order chi connectivity index (χ1) is 13.3. The van der Waals surface area contributed by atoms with Gasteiger partial charge in [0.25, 0.3) is 0 Å². The number of thiazole rings is 1. The number of hydrogen-bond acceptors (Lipinski definition) is 3. The summed E-state index contributed by atoms with van der Waals surface area (Å²) in [5.74, 6) is 0. The first-order valence-corrected chi connectivity index (χ1v) is 10.3. The Kier molecular flexibility index (Phi) is 6.15. The van der Waals surface area contributed by atoms with Crippen LogP contribution in [0.3, 0.4) is 0 Å². The lowest BCUT2D eigenvalue weighted by Crippen LogP contribution is -2.38. The molecule has 0 aliphatic rings. The highest BCUT2D eigenvalue weighted by molar-refractivity contribution is 7.09. The van der Waals surface area contributed by atoms with Gasteiger partial charge in [0, 0.05) is 10.8 Å². The number of carbonyl (C=O) groups is 1. The van der Waals surface area contributed by atoms with Crippen LogP contribution < -0.4 is 10.6 Å². The van der Waals surface area contributed by atoms with Crippen LogP contribution in [0, 0.1) is 6.92 Å². The molecule has 1 heterocycles. The fraction of sp³-hybridized carbons (Fsp3) is 0.304. The minimum absolute atomic E-state index is 0.0228. The molecule has 2 N–H and O–H groups in total. The molecule has 5 heteroatoms. The van der Waals surface area contributed by atoms with E-state index in [4.69, 9.17) is 0 Å². The Hall–Kier alpha value is -2.66. The molecule has 3 aromatic rings. The average molecular weight is 394 g/mol. The predicted molar refractivity (Wildman–Crippen MR) is 116 cm³/mol. The van der Waals surface area contributed by atoms with E-state index in [0.717, 1.165) is 21.8 Å². The fourth-order valence-corrected chi connectivity index (χ4v) is 3.76. The molecule has 1 atom stereocenters. The lowest BCUT2D eigenvalue weighted by Gasteiger charge is -2.20. The highest BCUT2D eigenvalue weighted by Gasteiger charge is 2.19. The number of aromatic nitrogens is 1. The molecule has 0 fully saturated rings. The van der Waals surface area contributed by atoms with E-state index in [9.17, 15) is 4.79 Å². The smallest absolute Gasteiger partial charge is 0.315 e. The van der Waals surface area contributed by atoms with Crippen LogP contribution in [0.4, 0.5) is 4.79 Å². The van der Waals surface area contributed by atoms with E-state index < -0.39 is 0 Å². The van der Waals surface area contributed by atoms with Gasteiger partial charge in [0.2, 0.25) is 0 Å². The first-order valence-electron chi connectivity index (χ1n) is 9.44. The fourth-order valence-electron chi connectivity index (χ4n) is 2.85. The van der Waals surface area contributed by atoms with Crippen molar-refractivity contribution in [2.45, 2.75) is 45.7 Å². The van der Waals surface area contributed by atoms with Gasteiger partial charge in [-0.2, -0.15) is 0 Å². The van der Waals surface area contributed by atoms with Crippen molar-refractivity contribution in [3.8, 4) is 0 Å². The van der Waals surface area contributed by atoms with Crippen LogP contribution in [0.15, 0.2) is 60.0 Å². The Morgan fingerprint density at radius 2 is 1.68 bits per heavy atom. The summed E-state index contributed by atoms with van der Waals surface area (Å²) in [6.45, 7) is 8.89. The third-order valence-corrected chi connectivity index (χ3v) is 5.76. The van der Waals surface area contributed by atoms with Crippen LogP contribution in [-0.4, -0.2) is 11.0 Å². The molecule has 0 spiro atoms. The van der Waals surface area contributed by atoms with Crippen molar-refractivity contribution in [3.63, 3.8) is 0 Å².